The van der Waals surface area contributed by atoms with Crippen LogP contribution in [0.1, 0.15) is 16.7 Å². The number of piperazine rings is 1. The number of benzene rings is 2. The molecule has 6 heteroatoms. The largest absolute Gasteiger partial charge is 0.345 e. The Balaban J connectivity index is 1.41. The molecule has 0 bridgehead atoms. The standard InChI is InChI=1S/C21H24N4OS/c1-14-5-4-6-17(12-14)22-20(26)24-7-9-25(10-8-24)21-23-18-13-15(2)11-16(3)19(18)27-21/h4-6,11-13H,7-10H2,1-3H3,(H,22,26). The van der Waals surface area contributed by atoms with Crippen LogP contribution in [0.25, 0.3) is 10.2 Å². The molecular weight excluding hydrogens is 356 g/mol. The van der Waals surface area contributed by atoms with Crippen LogP contribution in [0.15, 0.2) is 36.4 Å². The molecular formula is C21H24N4OS. The lowest BCUT2D eigenvalue weighted by Gasteiger charge is -2.34. The molecule has 4 rings (SSSR count). The van der Waals surface area contributed by atoms with Crippen molar-refractivity contribution in [2.45, 2.75) is 20.8 Å². The number of hydrogen-bond donors (Lipinski definition) is 1. The molecule has 0 saturated carbocycles. The Morgan fingerprint density at radius 1 is 1.04 bits per heavy atom. The van der Waals surface area contributed by atoms with Gasteiger partial charge in [0.25, 0.3) is 0 Å². The van der Waals surface area contributed by atoms with Crippen molar-refractivity contribution in [1.82, 2.24) is 9.88 Å². The van der Waals surface area contributed by atoms with Gasteiger partial charge >= 0.3 is 6.03 Å². The molecule has 2 amide bonds. The van der Waals surface area contributed by atoms with Gasteiger partial charge in [0.15, 0.2) is 5.13 Å². The molecule has 0 aliphatic carbocycles. The molecule has 27 heavy (non-hydrogen) atoms. The molecule has 3 aromatic rings. The van der Waals surface area contributed by atoms with Gasteiger partial charge in [0.2, 0.25) is 0 Å². The molecule has 0 spiro atoms. The molecule has 1 aliphatic heterocycles. The molecule has 140 valence electrons. The van der Waals surface area contributed by atoms with Gasteiger partial charge in [0.05, 0.1) is 10.2 Å². The van der Waals surface area contributed by atoms with E-state index in [-0.39, 0.29) is 6.03 Å². The second-order valence-corrected chi connectivity index (χ2v) is 8.18. The lowest BCUT2D eigenvalue weighted by atomic mass is 10.1. The first-order valence-electron chi connectivity index (χ1n) is 9.25. The molecule has 1 N–H and O–H groups in total. The Hall–Kier alpha value is -2.60. The molecule has 0 unspecified atom stereocenters. The van der Waals surface area contributed by atoms with Crippen LogP contribution in [0.5, 0.6) is 0 Å². The molecule has 1 aromatic heterocycles. The topological polar surface area (TPSA) is 48.5 Å². The summed E-state index contributed by atoms with van der Waals surface area (Å²) in [5, 5.41) is 4.05. The zero-order valence-corrected chi connectivity index (χ0v) is 16.8. The van der Waals surface area contributed by atoms with E-state index in [1.165, 1.54) is 15.8 Å². The van der Waals surface area contributed by atoms with E-state index in [2.05, 4.69) is 36.2 Å². The number of rotatable bonds is 2. The van der Waals surface area contributed by atoms with Crippen molar-refractivity contribution in [2.24, 2.45) is 0 Å². The first kappa shape index (κ1) is 17.8. The van der Waals surface area contributed by atoms with Crippen LogP contribution in [0.4, 0.5) is 15.6 Å². The van der Waals surface area contributed by atoms with Gasteiger partial charge in [0.1, 0.15) is 0 Å². The van der Waals surface area contributed by atoms with Gasteiger partial charge < -0.3 is 15.1 Å². The van der Waals surface area contributed by atoms with Crippen LogP contribution in [-0.4, -0.2) is 42.1 Å². The summed E-state index contributed by atoms with van der Waals surface area (Å²) in [6.07, 6.45) is 0. The fourth-order valence-corrected chi connectivity index (χ4v) is 4.59. The Kier molecular flexibility index (Phi) is 4.74. The monoisotopic (exact) mass is 380 g/mol. The van der Waals surface area contributed by atoms with Gasteiger partial charge in [-0.1, -0.05) is 29.5 Å². The number of urea groups is 1. The number of aromatic nitrogens is 1. The smallest absolute Gasteiger partial charge is 0.321 e. The number of anilines is 2. The molecule has 5 nitrogen and oxygen atoms in total. The fourth-order valence-electron chi connectivity index (χ4n) is 3.53. The third-order valence-corrected chi connectivity index (χ3v) is 6.18. The zero-order chi connectivity index (χ0) is 19.0. The third-order valence-electron chi connectivity index (χ3n) is 4.92. The van der Waals surface area contributed by atoms with Gasteiger partial charge in [-0.3, -0.25) is 0 Å². The lowest BCUT2D eigenvalue weighted by Crippen LogP contribution is -2.50. The van der Waals surface area contributed by atoms with E-state index in [0.29, 0.717) is 13.1 Å². The number of aryl methyl sites for hydroxylation is 3. The van der Waals surface area contributed by atoms with Gasteiger partial charge in [-0.2, -0.15) is 0 Å². The van der Waals surface area contributed by atoms with Gasteiger partial charge in [-0.15, -0.1) is 0 Å². The van der Waals surface area contributed by atoms with Crippen molar-refractivity contribution in [3.05, 3.63) is 53.1 Å². The molecule has 0 radical (unpaired) electrons. The highest BCUT2D eigenvalue weighted by molar-refractivity contribution is 7.22. The van der Waals surface area contributed by atoms with E-state index in [1.807, 2.05) is 36.1 Å². The van der Waals surface area contributed by atoms with E-state index in [1.54, 1.807) is 11.3 Å². The molecule has 1 fully saturated rings. The summed E-state index contributed by atoms with van der Waals surface area (Å²) in [6, 6.07) is 12.2. The number of carbonyl (C=O) groups is 1. The van der Waals surface area contributed by atoms with Crippen molar-refractivity contribution < 1.29 is 4.79 Å². The highest BCUT2D eigenvalue weighted by Gasteiger charge is 2.23. The third kappa shape index (κ3) is 3.76. The summed E-state index contributed by atoms with van der Waals surface area (Å²) >= 11 is 1.75. The lowest BCUT2D eigenvalue weighted by molar-refractivity contribution is 0.208. The van der Waals surface area contributed by atoms with Crippen LogP contribution in [-0.2, 0) is 0 Å². The number of nitrogens with one attached hydrogen (secondary N) is 1. The van der Waals surface area contributed by atoms with E-state index in [0.717, 1.165) is 35.0 Å². The second-order valence-electron chi connectivity index (χ2n) is 7.20. The zero-order valence-electron chi connectivity index (χ0n) is 16.0. The Labute approximate surface area is 163 Å². The van der Waals surface area contributed by atoms with Gasteiger partial charge in [-0.25, -0.2) is 9.78 Å². The highest BCUT2D eigenvalue weighted by atomic mass is 32.1. The number of fused-ring (bicyclic) bond motifs is 1. The summed E-state index contributed by atoms with van der Waals surface area (Å²) in [4.78, 5) is 21.5. The summed E-state index contributed by atoms with van der Waals surface area (Å²) in [7, 11) is 0. The number of amides is 2. The van der Waals surface area contributed by atoms with Crippen LogP contribution in [0.3, 0.4) is 0 Å². The molecule has 2 aromatic carbocycles. The summed E-state index contributed by atoms with van der Waals surface area (Å²) in [5.74, 6) is 0. The molecule has 2 heterocycles. The quantitative estimate of drug-likeness (QED) is 0.708. The van der Waals surface area contributed by atoms with Crippen molar-refractivity contribution in [3.8, 4) is 0 Å². The SMILES string of the molecule is Cc1cccc(NC(=O)N2CCN(c3nc4cc(C)cc(C)c4s3)CC2)c1. The molecule has 1 aliphatic rings. The predicted molar refractivity (Wildman–Crippen MR) is 113 cm³/mol. The molecule has 0 atom stereocenters. The van der Waals surface area contributed by atoms with Crippen molar-refractivity contribution in [3.63, 3.8) is 0 Å². The minimum absolute atomic E-state index is 0.0315. The number of nitrogens with zero attached hydrogens (tertiary/aromatic N) is 3. The molecule has 1 saturated heterocycles. The Morgan fingerprint density at radius 2 is 1.81 bits per heavy atom. The van der Waals surface area contributed by atoms with E-state index >= 15 is 0 Å². The average Bonchev–Trinajstić information content (AvgIpc) is 3.06. The Morgan fingerprint density at radius 3 is 2.56 bits per heavy atom. The summed E-state index contributed by atoms with van der Waals surface area (Å²) in [6.45, 7) is 9.28. The highest BCUT2D eigenvalue weighted by Crippen LogP contribution is 2.32. The first-order valence-corrected chi connectivity index (χ1v) is 10.1. The maximum atomic E-state index is 12.5. The van der Waals surface area contributed by atoms with Crippen LogP contribution in [0.2, 0.25) is 0 Å². The Bertz CT molecular complexity index is 989. The predicted octanol–water partition coefficient (Wildman–Crippen LogP) is 4.58. The summed E-state index contributed by atoms with van der Waals surface area (Å²) in [5.41, 5.74) is 5.59. The van der Waals surface area contributed by atoms with Crippen molar-refractivity contribution in [1.29, 1.82) is 0 Å². The minimum Gasteiger partial charge on any atom is -0.345 e. The van der Waals surface area contributed by atoms with E-state index in [9.17, 15) is 4.79 Å². The normalized spacial score (nSPS) is 14.6. The van der Waals surface area contributed by atoms with Crippen LogP contribution >= 0.6 is 11.3 Å². The maximum Gasteiger partial charge on any atom is 0.321 e. The first-order chi connectivity index (χ1) is 13.0. The fraction of sp³-hybridized carbons (Fsp3) is 0.333. The second kappa shape index (κ2) is 7.19. The maximum absolute atomic E-state index is 12.5. The number of hydrogen-bond acceptors (Lipinski definition) is 4. The van der Waals surface area contributed by atoms with Gasteiger partial charge in [0, 0.05) is 31.9 Å². The average molecular weight is 381 g/mol. The van der Waals surface area contributed by atoms with Gasteiger partial charge in [-0.05, 0) is 55.7 Å². The summed E-state index contributed by atoms with van der Waals surface area (Å²) < 4.78 is 1.26. The van der Waals surface area contributed by atoms with E-state index < -0.39 is 0 Å². The minimum atomic E-state index is -0.0315. The van der Waals surface area contributed by atoms with Crippen molar-refractivity contribution in [2.75, 3.05) is 36.4 Å². The number of carbonyl (C=O) groups excluding carboxylic acids is 1. The van der Waals surface area contributed by atoms with Crippen molar-refractivity contribution >= 4 is 38.4 Å². The van der Waals surface area contributed by atoms with Crippen LogP contribution in [0, 0.1) is 20.8 Å². The van der Waals surface area contributed by atoms with E-state index in [4.69, 9.17) is 4.98 Å². The number of thiazole rings is 1. The van der Waals surface area contributed by atoms with Crippen LogP contribution < -0.4 is 10.2 Å².